The second kappa shape index (κ2) is 8.45. The summed E-state index contributed by atoms with van der Waals surface area (Å²) in [5.41, 5.74) is 2.55. The summed E-state index contributed by atoms with van der Waals surface area (Å²) in [4.78, 5) is 20.8. The van der Waals surface area contributed by atoms with Crippen molar-refractivity contribution in [1.82, 2.24) is 15.0 Å². The Morgan fingerprint density at radius 1 is 1.14 bits per heavy atom. The van der Waals surface area contributed by atoms with Crippen LogP contribution in [0.1, 0.15) is 23.2 Å². The largest absolute Gasteiger partial charge is 0.465 e. The van der Waals surface area contributed by atoms with Gasteiger partial charge in [0.05, 0.1) is 19.2 Å². The van der Waals surface area contributed by atoms with E-state index in [0.29, 0.717) is 29.9 Å². The molecule has 0 unspecified atom stereocenters. The number of methoxy groups -OCH3 is 1. The molecule has 2 heterocycles. The normalized spacial score (nSPS) is 17.3. The Balaban J connectivity index is 1.39. The molecule has 0 spiro atoms. The first kappa shape index (κ1) is 19.1. The van der Waals surface area contributed by atoms with E-state index in [1.165, 1.54) is 12.8 Å². The molecule has 0 saturated carbocycles. The highest BCUT2D eigenvalue weighted by Gasteiger charge is 2.25. The van der Waals surface area contributed by atoms with E-state index >= 15 is 0 Å². The first-order valence-electron chi connectivity index (χ1n) is 9.69. The number of rotatable bonds is 5. The summed E-state index contributed by atoms with van der Waals surface area (Å²) in [5, 5.41) is 4.09. The van der Waals surface area contributed by atoms with Gasteiger partial charge in [0.1, 0.15) is 0 Å². The van der Waals surface area contributed by atoms with Crippen LogP contribution in [0.5, 0.6) is 0 Å². The number of piperazine rings is 1. The molecule has 3 aromatic rings. The Labute approximate surface area is 169 Å². The zero-order chi connectivity index (χ0) is 20.2. The molecular formula is C22H24N4O3. The van der Waals surface area contributed by atoms with Gasteiger partial charge < -0.3 is 14.2 Å². The molecule has 0 aliphatic carbocycles. The van der Waals surface area contributed by atoms with E-state index in [2.05, 4.69) is 51.1 Å². The molecule has 0 radical (unpaired) electrons. The van der Waals surface area contributed by atoms with E-state index in [1.54, 1.807) is 24.3 Å². The summed E-state index contributed by atoms with van der Waals surface area (Å²) >= 11 is 0. The quantitative estimate of drug-likeness (QED) is 0.617. The lowest BCUT2D eigenvalue weighted by molar-refractivity contribution is 0.0601. The summed E-state index contributed by atoms with van der Waals surface area (Å²) in [6.07, 6.45) is 0. The average molecular weight is 392 g/mol. The fourth-order valence-electron chi connectivity index (χ4n) is 3.59. The van der Waals surface area contributed by atoms with Crippen LogP contribution in [-0.4, -0.2) is 53.8 Å². The van der Waals surface area contributed by atoms with Crippen molar-refractivity contribution in [2.24, 2.45) is 0 Å². The summed E-state index contributed by atoms with van der Waals surface area (Å²) < 4.78 is 10.2. The average Bonchev–Trinajstić information content (AvgIpc) is 3.24. The number of anilines is 1. The minimum atomic E-state index is -0.367. The van der Waals surface area contributed by atoms with Crippen molar-refractivity contribution in [3.8, 4) is 11.4 Å². The third-order valence-electron chi connectivity index (χ3n) is 5.26. The van der Waals surface area contributed by atoms with Crippen LogP contribution >= 0.6 is 0 Å². The number of aromatic nitrogens is 2. The Morgan fingerprint density at radius 3 is 2.59 bits per heavy atom. The second-order valence-electron chi connectivity index (χ2n) is 7.18. The predicted octanol–water partition coefficient (Wildman–Crippen LogP) is 3.23. The fourth-order valence-corrected chi connectivity index (χ4v) is 3.59. The van der Waals surface area contributed by atoms with Gasteiger partial charge in [0.2, 0.25) is 11.7 Å². The van der Waals surface area contributed by atoms with Crippen LogP contribution in [0.25, 0.3) is 11.4 Å². The minimum Gasteiger partial charge on any atom is -0.465 e. The van der Waals surface area contributed by atoms with Gasteiger partial charge in [-0.25, -0.2) is 4.79 Å². The lowest BCUT2D eigenvalue weighted by Gasteiger charge is -2.40. The van der Waals surface area contributed by atoms with E-state index in [-0.39, 0.29) is 5.97 Å². The predicted molar refractivity (Wildman–Crippen MR) is 110 cm³/mol. The van der Waals surface area contributed by atoms with Gasteiger partial charge in [-0.3, -0.25) is 4.90 Å². The van der Waals surface area contributed by atoms with E-state index in [0.717, 1.165) is 25.2 Å². The van der Waals surface area contributed by atoms with Gasteiger partial charge in [-0.15, -0.1) is 0 Å². The standard InChI is InChI=1S/C22H24N4O3/c1-16-14-26(19-6-4-3-5-7-19)13-12-25(16)15-20-23-21(24-29-20)17-8-10-18(11-9-17)22(27)28-2/h3-11,16H,12-15H2,1-2H3/t16-/m0/s1. The monoisotopic (exact) mass is 392 g/mol. The number of carbonyl (C=O) groups excluding carboxylic acids is 1. The number of benzene rings is 2. The Morgan fingerprint density at radius 2 is 1.90 bits per heavy atom. The fraction of sp³-hybridized carbons (Fsp3) is 0.318. The van der Waals surface area contributed by atoms with E-state index in [9.17, 15) is 4.79 Å². The number of ether oxygens (including phenoxy) is 1. The Hall–Kier alpha value is -3.19. The van der Waals surface area contributed by atoms with Crippen molar-refractivity contribution in [1.29, 1.82) is 0 Å². The molecule has 1 fully saturated rings. The van der Waals surface area contributed by atoms with Crippen molar-refractivity contribution < 1.29 is 14.1 Å². The SMILES string of the molecule is COC(=O)c1ccc(-c2noc(CN3CCN(c4ccccc4)C[C@@H]3C)n2)cc1. The van der Waals surface area contributed by atoms with Crippen LogP contribution in [0.2, 0.25) is 0 Å². The van der Waals surface area contributed by atoms with Gasteiger partial charge in [0.25, 0.3) is 0 Å². The highest BCUT2D eigenvalue weighted by atomic mass is 16.5. The number of esters is 1. The second-order valence-corrected chi connectivity index (χ2v) is 7.18. The van der Waals surface area contributed by atoms with E-state index in [4.69, 9.17) is 9.26 Å². The Bertz CT molecular complexity index is 956. The molecule has 0 amide bonds. The van der Waals surface area contributed by atoms with E-state index < -0.39 is 0 Å². The highest BCUT2D eigenvalue weighted by Crippen LogP contribution is 2.21. The molecule has 0 N–H and O–H groups in total. The number of hydrogen-bond donors (Lipinski definition) is 0. The molecule has 4 rings (SSSR count). The molecule has 150 valence electrons. The lowest BCUT2D eigenvalue weighted by Crippen LogP contribution is -2.51. The molecule has 29 heavy (non-hydrogen) atoms. The van der Waals surface area contributed by atoms with Gasteiger partial charge in [0.15, 0.2) is 0 Å². The van der Waals surface area contributed by atoms with Crippen LogP contribution in [0, 0.1) is 0 Å². The van der Waals surface area contributed by atoms with Gasteiger partial charge in [-0.05, 0) is 31.2 Å². The summed E-state index contributed by atoms with van der Waals surface area (Å²) in [6, 6.07) is 17.8. The number of para-hydroxylation sites is 1. The molecule has 1 atom stereocenters. The van der Waals surface area contributed by atoms with Crippen molar-refractivity contribution in [2.45, 2.75) is 19.5 Å². The van der Waals surface area contributed by atoms with Gasteiger partial charge in [-0.1, -0.05) is 35.5 Å². The summed E-state index contributed by atoms with van der Waals surface area (Å²) in [7, 11) is 1.36. The maximum absolute atomic E-state index is 11.6. The smallest absolute Gasteiger partial charge is 0.337 e. The number of nitrogens with zero attached hydrogens (tertiary/aromatic N) is 4. The lowest BCUT2D eigenvalue weighted by atomic mass is 10.1. The van der Waals surface area contributed by atoms with Gasteiger partial charge in [0, 0.05) is 36.9 Å². The zero-order valence-electron chi connectivity index (χ0n) is 16.6. The molecular weight excluding hydrogens is 368 g/mol. The van der Waals surface area contributed by atoms with Crippen LogP contribution < -0.4 is 4.90 Å². The molecule has 2 aromatic carbocycles. The zero-order valence-corrected chi connectivity index (χ0v) is 16.6. The first-order valence-corrected chi connectivity index (χ1v) is 9.69. The van der Waals surface area contributed by atoms with Gasteiger partial charge in [-0.2, -0.15) is 4.98 Å². The first-order chi connectivity index (χ1) is 14.1. The van der Waals surface area contributed by atoms with Crippen LogP contribution in [0.4, 0.5) is 5.69 Å². The Kier molecular flexibility index (Phi) is 5.57. The maximum atomic E-state index is 11.6. The van der Waals surface area contributed by atoms with Crippen molar-refractivity contribution in [3.05, 3.63) is 66.1 Å². The third-order valence-corrected chi connectivity index (χ3v) is 5.26. The maximum Gasteiger partial charge on any atom is 0.337 e. The topological polar surface area (TPSA) is 71.7 Å². The van der Waals surface area contributed by atoms with Gasteiger partial charge >= 0.3 is 5.97 Å². The van der Waals surface area contributed by atoms with Crippen molar-refractivity contribution in [3.63, 3.8) is 0 Å². The molecule has 0 bridgehead atoms. The van der Waals surface area contributed by atoms with E-state index in [1.807, 2.05) is 6.07 Å². The van der Waals surface area contributed by atoms with Crippen LogP contribution in [-0.2, 0) is 11.3 Å². The minimum absolute atomic E-state index is 0.367. The summed E-state index contributed by atoms with van der Waals surface area (Å²) in [5.74, 6) is 0.748. The van der Waals surface area contributed by atoms with Crippen molar-refractivity contribution in [2.75, 3.05) is 31.6 Å². The number of hydrogen-bond acceptors (Lipinski definition) is 7. The van der Waals surface area contributed by atoms with Crippen LogP contribution in [0.3, 0.4) is 0 Å². The molecule has 7 nitrogen and oxygen atoms in total. The molecule has 1 aliphatic heterocycles. The van der Waals surface area contributed by atoms with Crippen molar-refractivity contribution >= 4 is 11.7 Å². The van der Waals surface area contributed by atoms with Crippen LogP contribution in [0.15, 0.2) is 59.1 Å². The molecule has 1 aliphatic rings. The summed E-state index contributed by atoms with van der Waals surface area (Å²) in [6.45, 7) is 5.70. The highest BCUT2D eigenvalue weighted by molar-refractivity contribution is 5.89. The molecule has 7 heteroatoms. The molecule has 1 saturated heterocycles. The number of carbonyl (C=O) groups is 1. The molecule has 1 aromatic heterocycles. The third kappa shape index (κ3) is 4.30.